The minimum atomic E-state index is 0.763. The van der Waals surface area contributed by atoms with Crippen LogP contribution < -0.4 is 0 Å². The number of fused-ring (bicyclic) bond motifs is 1. The highest BCUT2D eigenvalue weighted by Gasteiger charge is 2.53. The van der Waals surface area contributed by atoms with E-state index < -0.39 is 0 Å². The van der Waals surface area contributed by atoms with E-state index in [9.17, 15) is 0 Å². The van der Waals surface area contributed by atoms with Crippen LogP contribution in [0.15, 0.2) is 0 Å². The summed E-state index contributed by atoms with van der Waals surface area (Å²) in [5.74, 6) is 3.12. The van der Waals surface area contributed by atoms with E-state index in [0.717, 1.165) is 23.2 Å². The third kappa shape index (κ3) is 0.627. The standard InChI is InChI=1S/C10H18/c1-7-4-9-5-8(2)10(9,3)6-7/h7-9H,4-6H2,1-3H3. The predicted molar refractivity (Wildman–Crippen MR) is 43.8 cm³/mol. The molecule has 0 aliphatic heterocycles. The Morgan fingerprint density at radius 1 is 1.20 bits per heavy atom. The summed E-state index contributed by atoms with van der Waals surface area (Å²) < 4.78 is 0. The molecule has 2 aliphatic rings. The van der Waals surface area contributed by atoms with Crippen LogP contribution in [0.25, 0.3) is 0 Å². The Hall–Kier alpha value is 0. The molecule has 0 nitrogen and oxygen atoms in total. The summed E-state index contributed by atoms with van der Waals surface area (Å²) in [6, 6.07) is 0. The minimum absolute atomic E-state index is 0.763. The molecular weight excluding hydrogens is 120 g/mol. The van der Waals surface area contributed by atoms with Crippen molar-refractivity contribution in [3.63, 3.8) is 0 Å². The van der Waals surface area contributed by atoms with E-state index in [1.54, 1.807) is 0 Å². The van der Waals surface area contributed by atoms with Crippen LogP contribution in [0.5, 0.6) is 0 Å². The molecular formula is C10H18. The van der Waals surface area contributed by atoms with Crippen molar-refractivity contribution in [3.05, 3.63) is 0 Å². The van der Waals surface area contributed by atoms with Gasteiger partial charge in [-0.15, -0.1) is 0 Å². The third-order valence-electron chi connectivity index (χ3n) is 4.17. The van der Waals surface area contributed by atoms with E-state index in [1.165, 1.54) is 19.3 Å². The number of hydrogen-bond acceptors (Lipinski definition) is 0. The molecule has 0 bridgehead atoms. The zero-order valence-electron chi connectivity index (χ0n) is 7.35. The molecule has 0 spiro atoms. The zero-order chi connectivity index (χ0) is 7.35. The summed E-state index contributed by atoms with van der Waals surface area (Å²) in [5, 5.41) is 0. The van der Waals surface area contributed by atoms with Gasteiger partial charge in [0.1, 0.15) is 0 Å². The maximum Gasteiger partial charge on any atom is -0.0269 e. The van der Waals surface area contributed by atoms with Gasteiger partial charge in [0.15, 0.2) is 0 Å². The van der Waals surface area contributed by atoms with Crippen molar-refractivity contribution in [2.45, 2.75) is 40.0 Å². The Bertz CT molecular complexity index is 150. The molecule has 2 fully saturated rings. The fraction of sp³-hybridized carbons (Fsp3) is 1.00. The second-order valence-corrected chi connectivity index (χ2v) is 4.88. The molecule has 58 valence electrons. The normalized spacial score (nSPS) is 59.7. The van der Waals surface area contributed by atoms with Crippen molar-refractivity contribution in [2.24, 2.45) is 23.2 Å². The van der Waals surface area contributed by atoms with Crippen LogP contribution in [0, 0.1) is 23.2 Å². The highest BCUT2D eigenvalue weighted by atomic mass is 14.6. The molecule has 0 saturated heterocycles. The molecule has 4 unspecified atom stereocenters. The van der Waals surface area contributed by atoms with Crippen LogP contribution in [-0.2, 0) is 0 Å². The van der Waals surface area contributed by atoms with Gasteiger partial charge in [0, 0.05) is 0 Å². The SMILES string of the molecule is CC1CC2CC(C)C2(C)C1. The monoisotopic (exact) mass is 138 g/mol. The second kappa shape index (κ2) is 1.78. The molecule has 10 heavy (non-hydrogen) atoms. The maximum absolute atomic E-state index is 2.50. The van der Waals surface area contributed by atoms with Gasteiger partial charge in [0.2, 0.25) is 0 Å². The molecule has 0 heterocycles. The number of hydrogen-bond donors (Lipinski definition) is 0. The maximum atomic E-state index is 2.50. The van der Waals surface area contributed by atoms with Gasteiger partial charge in [0.25, 0.3) is 0 Å². The minimum Gasteiger partial charge on any atom is -0.0625 e. The first-order valence-corrected chi connectivity index (χ1v) is 4.63. The molecule has 0 heteroatoms. The first kappa shape index (κ1) is 6.69. The fourth-order valence-electron chi connectivity index (χ4n) is 3.26. The lowest BCUT2D eigenvalue weighted by Gasteiger charge is -2.49. The van der Waals surface area contributed by atoms with Gasteiger partial charge in [-0.25, -0.2) is 0 Å². The smallest absolute Gasteiger partial charge is 0.0269 e. The van der Waals surface area contributed by atoms with E-state index in [1.807, 2.05) is 0 Å². The van der Waals surface area contributed by atoms with Crippen LogP contribution in [0.2, 0.25) is 0 Å². The zero-order valence-corrected chi connectivity index (χ0v) is 7.35. The highest BCUT2D eigenvalue weighted by molar-refractivity contribution is 5.02. The first-order chi connectivity index (χ1) is 4.63. The van der Waals surface area contributed by atoms with Crippen LogP contribution in [0.1, 0.15) is 40.0 Å². The molecule has 2 aliphatic carbocycles. The van der Waals surface area contributed by atoms with Crippen molar-refractivity contribution >= 4 is 0 Å². The molecule has 2 saturated carbocycles. The predicted octanol–water partition coefficient (Wildman–Crippen LogP) is 3.08. The van der Waals surface area contributed by atoms with Gasteiger partial charge in [-0.1, -0.05) is 20.8 Å². The van der Waals surface area contributed by atoms with Gasteiger partial charge in [-0.2, -0.15) is 0 Å². The Labute approximate surface area is 64.0 Å². The number of rotatable bonds is 0. The van der Waals surface area contributed by atoms with Crippen LogP contribution in [0.3, 0.4) is 0 Å². The van der Waals surface area contributed by atoms with E-state index in [2.05, 4.69) is 20.8 Å². The molecule has 0 aromatic carbocycles. The summed E-state index contributed by atoms with van der Waals surface area (Å²) in [7, 11) is 0. The lowest BCUT2D eigenvalue weighted by atomic mass is 9.56. The van der Waals surface area contributed by atoms with Gasteiger partial charge in [-0.05, 0) is 42.4 Å². The molecule has 0 N–H and O–H groups in total. The average Bonchev–Trinajstić information content (AvgIpc) is 2.07. The molecule has 2 rings (SSSR count). The van der Waals surface area contributed by atoms with Crippen molar-refractivity contribution < 1.29 is 0 Å². The van der Waals surface area contributed by atoms with E-state index in [0.29, 0.717) is 0 Å². The molecule has 4 atom stereocenters. The lowest BCUT2D eigenvalue weighted by Crippen LogP contribution is -2.41. The Morgan fingerprint density at radius 3 is 2.30 bits per heavy atom. The third-order valence-corrected chi connectivity index (χ3v) is 4.17. The highest BCUT2D eigenvalue weighted by Crippen LogP contribution is 2.62. The van der Waals surface area contributed by atoms with Crippen LogP contribution in [0.4, 0.5) is 0 Å². The molecule has 0 radical (unpaired) electrons. The van der Waals surface area contributed by atoms with Gasteiger partial charge in [-0.3, -0.25) is 0 Å². The Morgan fingerprint density at radius 2 is 1.90 bits per heavy atom. The summed E-state index contributed by atoms with van der Waals surface area (Å²) >= 11 is 0. The van der Waals surface area contributed by atoms with Crippen molar-refractivity contribution in [2.75, 3.05) is 0 Å². The van der Waals surface area contributed by atoms with Gasteiger partial charge >= 0.3 is 0 Å². The van der Waals surface area contributed by atoms with Gasteiger partial charge < -0.3 is 0 Å². The van der Waals surface area contributed by atoms with E-state index >= 15 is 0 Å². The summed E-state index contributed by atoms with van der Waals surface area (Å²) in [6.07, 6.45) is 4.53. The van der Waals surface area contributed by atoms with Gasteiger partial charge in [0.05, 0.1) is 0 Å². The quantitative estimate of drug-likeness (QED) is 0.482. The molecule has 0 aromatic rings. The average molecular weight is 138 g/mol. The van der Waals surface area contributed by atoms with Crippen LogP contribution in [-0.4, -0.2) is 0 Å². The summed E-state index contributed by atoms with van der Waals surface area (Å²) in [6.45, 7) is 7.33. The topological polar surface area (TPSA) is 0 Å². The second-order valence-electron chi connectivity index (χ2n) is 4.88. The van der Waals surface area contributed by atoms with Crippen molar-refractivity contribution in [1.29, 1.82) is 0 Å². The van der Waals surface area contributed by atoms with Crippen molar-refractivity contribution in [1.82, 2.24) is 0 Å². The summed E-state index contributed by atoms with van der Waals surface area (Å²) in [5.41, 5.74) is 0.763. The lowest BCUT2D eigenvalue weighted by molar-refractivity contribution is 0.00415. The van der Waals surface area contributed by atoms with E-state index in [-0.39, 0.29) is 0 Å². The Kier molecular flexibility index (Phi) is 1.19. The largest absolute Gasteiger partial charge is 0.0625 e. The summed E-state index contributed by atoms with van der Waals surface area (Å²) in [4.78, 5) is 0. The van der Waals surface area contributed by atoms with Crippen LogP contribution >= 0.6 is 0 Å². The first-order valence-electron chi connectivity index (χ1n) is 4.63. The van der Waals surface area contributed by atoms with Crippen molar-refractivity contribution in [3.8, 4) is 0 Å². The van der Waals surface area contributed by atoms with E-state index in [4.69, 9.17) is 0 Å². The molecule has 0 aromatic heterocycles. The Balaban J connectivity index is 2.14. The fourth-order valence-corrected chi connectivity index (χ4v) is 3.26. The molecule has 0 amide bonds.